The van der Waals surface area contributed by atoms with Gasteiger partial charge in [0, 0.05) is 25.4 Å². The molecule has 2 nitrogen and oxygen atoms in total. The zero-order chi connectivity index (χ0) is 9.84. The Morgan fingerprint density at radius 1 is 1.54 bits per heavy atom. The van der Waals surface area contributed by atoms with Crippen molar-refractivity contribution >= 4 is 29.1 Å². The van der Waals surface area contributed by atoms with Gasteiger partial charge in [-0.1, -0.05) is 6.42 Å². The van der Waals surface area contributed by atoms with Crippen LogP contribution in [0.25, 0.3) is 0 Å². The lowest BCUT2D eigenvalue weighted by Crippen LogP contribution is -2.44. The second kappa shape index (κ2) is 5.05. The Morgan fingerprint density at radius 2 is 2.23 bits per heavy atom. The van der Waals surface area contributed by atoms with E-state index in [1.165, 1.54) is 19.3 Å². The minimum atomic E-state index is 0.634. The minimum absolute atomic E-state index is 0.634. The van der Waals surface area contributed by atoms with E-state index in [1.807, 2.05) is 18.8 Å². The number of thiocarbonyl (C=S) groups is 1. The van der Waals surface area contributed by atoms with Crippen molar-refractivity contribution in [2.45, 2.75) is 30.6 Å². The maximum Gasteiger partial charge on any atom is 0.168 e. The van der Waals surface area contributed by atoms with Crippen LogP contribution in [-0.2, 0) is 0 Å². The molecule has 0 spiro atoms. The van der Waals surface area contributed by atoms with Gasteiger partial charge in [-0.2, -0.15) is 11.8 Å². The van der Waals surface area contributed by atoms with E-state index in [1.54, 1.807) is 0 Å². The number of thioether (sulfide) groups is 1. The summed E-state index contributed by atoms with van der Waals surface area (Å²) in [6, 6.07) is 0.634. The fourth-order valence-corrected chi connectivity index (χ4v) is 3.12. The SMILES string of the molecule is CNC(=S)N(C)C1CCCC1SC. The highest BCUT2D eigenvalue weighted by Gasteiger charge is 2.30. The first-order chi connectivity index (χ1) is 6.20. The van der Waals surface area contributed by atoms with Crippen molar-refractivity contribution in [3.63, 3.8) is 0 Å². The molecule has 2 atom stereocenters. The topological polar surface area (TPSA) is 15.3 Å². The van der Waals surface area contributed by atoms with E-state index in [9.17, 15) is 0 Å². The van der Waals surface area contributed by atoms with Gasteiger partial charge in [-0.3, -0.25) is 0 Å². The summed E-state index contributed by atoms with van der Waals surface area (Å²) < 4.78 is 0. The molecule has 0 aromatic heterocycles. The lowest BCUT2D eigenvalue weighted by Gasteiger charge is -2.30. The first-order valence-electron chi connectivity index (χ1n) is 4.68. The van der Waals surface area contributed by atoms with Crippen LogP contribution in [0.3, 0.4) is 0 Å². The molecule has 0 bridgehead atoms. The van der Waals surface area contributed by atoms with E-state index < -0.39 is 0 Å². The highest BCUT2D eigenvalue weighted by molar-refractivity contribution is 7.99. The van der Waals surface area contributed by atoms with Gasteiger partial charge in [0.2, 0.25) is 0 Å². The van der Waals surface area contributed by atoms with Crippen molar-refractivity contribution in [1.82, 2.24) is 10.2 Å². The summed E-state index contributed by atoms with van der Waals surface area (Å²) in [6.45, 7) is 0. The molecular weight excluding hydrogens is 200 g/mol. The maximum absolute atomic E-state index is 5.22. The molecule has 1 saturated carbocycles. The van der Waals surface area contributed by atoms with Crippen LogP contribution in [0, 0.1) is 0 Å². The monoisotopic (exact) mass is 218 g/mol. The van der Waals surface area contributed by atoms with Gasteiger partial charge in [-0.05, 0) is 31.3 Å². The molecule has 1 N–H and O–H groups in total. The second-order valence-electron chi connectivity index (χ2n) is 3.44. The summed E-state index contributed by atoms with van der Waals surface area (Å²) in [7, 11) is 3.99. The minimum Gasteiger partial charge on any atom is -0.366 e. The largest absolute Gasteiger partial charge is 0.366 e. The van der Waals surface area contributed by atoms with E-state index in [4.69, 9.17) is 12.2 Å². The van der Waals surface area contributed by atoms with Crippen molar-refractivity contribution in [3.8, 4) is 0 Å². The average Bonchev–Trinajstić information content (AvgIpc) is 2.62. The lowest BCUT2D eigenvalue weighted by atomic mass is 10.2. The van der Waals surface area contributed by atoms with Crippen molar-refractivity contribution in [2.75, 3.05) is 20.4 Å². The van der Waals surface area contributed by atoms with Crippen molar-refractivity contribution in [3.05, 3.63) is 0 Å². The van der Waals surface area contributed by atoms with Crippen molar-refractivity contribution < 1.29 is 0 Å². The molecule has 1 aliphatic carbocycles. The van der Waals surface area contributed by atoms with E-state index in [-0.39, 0.29) is 0 Å². The van der Waals surface area contributed by atoms with E-state index in [0.29, 0.717) is 6.04 Å². The fourth-order valence-electron chi connectivity index (χ4n) is 1.95. The van der Waals surface area contributed by atoms with Crippen LogP contribution in [-0.4, -0.2) is 41.7 Å². The quantitative estimate of drug-likeness (QED) is 0.709. The lowest BCUT2D eigenvalue weighted by molar-refractivity contribution is 0.375. The summed E-state index contributed by atoms with van der Waals surface area (Å²) in [6.07, 6.45) is 6.15. The zero-order valence-corrected chi connectivity index (χ0v) is 10.2. The number of rotatable bonds is 2. The third kappa shape index (κ3) is 2.50. The van der Waals surface area contributed by atoms with Gasteiger partial charge < -0.3 is 10.2 Å². The molecule has 1 rings (SSSR count). The first-order valence-corrected chi connectivity index (χ1v) is 6.37. The third-order valence-electron chi connectivity index (χ3n) is 2.75. The van der Waals surface area contributed by atoms with Gasteiger partial charge in [0.1, 0.15) is 0 Å². The smallest absolute Gasteiger partial charge is 0.168 e. The van der Waals surface area contributed by atoms with Gasteiger partial charge in [0.25, 0.3) is 0 Å². The summed E-state index contributed by atoms with van der Waals surface area (Å²) in [5.74, 6) is 0. The molecular formula is C9H18N2S2. The van der Waals surface area contributed by atoms with Crippen molar-refractivity contribution in [1.29, 1.82) is 0 Å². The van der Waals surface area contributed by atoms with Crippen LogP contribution in [0.5, 0.6) is 0 Å². The Bertz CT molecular complexity index is 184. The summed E-state index contributed by atoms with van der Waals surface area (Å²) in [5.41, 5.74) is 0. The summed E-state index contributed by atoms with van der Waals surface area (Å²) >= 11 is 7.19. The van der Waals surface area contributed by atoms with Crippen LogP contribution in [0.1, 0.15) is 19.3 Å². The Labute approximate surface area is 90.4 Å². The first kappa shape index (κ1) is 11.1. The van der Waals surface area contributed by atoms with Gasteiger partial charge in [0.05, 0.1) is 0 Å². The number of hydrogen-bond acceptors (Lipinski definition) is 2. The van der Waals surface area contributed by atoms with Crippen LogP contribution >= 0.6 is 24.0 Å². The van der Waals surface area contributed by atoms with Crippen LogP contribution in [0.2, 0.25) is 0 Å². The Morgan fingerprint density at radius 3 is 2.77 bits per heavy atom. The molecule has 0 aliphatic heterocycles. The Kier molecular flexibility index (Phi) is 4.32. The summed E-state index contributed by atoms with van der Waals surface area (Å²) in [4.78, 5) is 2.21. The van der Waals surface area contributed by atoms with Crippen LogP contribution in [0.4, 0.5) is 0 Å². The normalized spacial score (nSPS) is 27.3. The van der Waals surface area contributed by atoms with E-state index >= 15 is 0 Å². The second-order valence-corrected chi connectivity index (χ2v) is 4.90. The number of nitrogens with zero attached hydrogens (tertiary/aromatic N) is 1. The molecule has 1 fully saturated rings. The Hall–Kier alpha value is 0.0400. The van der Waals surface area contributed by atoms with Crippen molar-refractivity contribution in [2.24, 2.45) is 0 Å². The van der Waals surface area contributed by atoms with Gasteiger partial charge in [-0.25, -0.2) is 0 Å². The molecule has 13 heavy (non-hydrogen) atoms. The number of nitrogens with one attached hydrogen (secondary N) is 1. The van der Waals surface area contributed by atoms with Crippen LogP contribution in [0.15, 0.2) is 0 Å². The molecule has 4 heteroatoms. The molecule has 1 aliphatic rings. The molecule has 0 heterocycles. The third-order valence-corrected chi connectivity index (χ3v) is 4.40. The molecule has 0 amide bonds. The molecule has 76 valence electrons. The zero-order valence-electron chi connectivity index (χ0n) is 8.54. The van der Waals surface area contributed by atoms with E-state index in [2.05, 4.69) is 23.5 Å². The Balaban J connectivity index is 2.54. The van der Waals surface area contributed by atoms with Crippen LogP contribution < -0.4 is 5.32 Å². The highest BCUT2D eigenvalue weighted by Crippen LogP contribution is 2.31. The fraction of sp³-hybridized carbons (Fsp3) is 0.889. The van der Waals surface area contributed by atoms with Gasteiger partial charge in [0.15, 0.2) is 5.11 Å². The molecule has 0 radical (unpaired) electrons. The molecule has 0 aromatic rings. The predicted octanol–water partition coefficient (Wildman–Crippen LogP) is 1.71. The summed E-state index contributed by atoms with van der Waals surface area (Å²) in [5, 5.41) is 4.66. The molecule has 0 saturated heterocycles. The predicted molar refractivity (Wildman–Crippen MR) is 64.4 cm³/mol. The highest BCUT2D eigenvalue weighted by atomic mass is 32.2. The average molecular weight is 218 g/mol. The van der Waals surface area contributed by atoms with Gasteiger partial charge >= 0.3 is 0 Å². The maximum atomic E-state index is 5.22. The standard InChI is InChI=1S/C9H18N2S2/c1-10-9(12)11(2)7-5-4-6-8(7)13-3/h7-8H,4-6H2,1-3H3,(H,10,12). The molecule has 0 aromatic carbocycles. The molecule has 2 unspecified atom stereocenters. The van der Waals surface area contributed by atoms with Gasteiger partial charge in [-0.15, -0.1) is 0 Å². The number of hydrogen-bond donors (Lipinski definition) is 1. The van der Waals surface area contributed by atoms with E-state index in [0.717, 1.165) is 10.4 Å².